The van der Waals surface area contributed by atoms with Gasteiger partial charge in [0.1, 0.15) is 18.8 Å². The van der Waals surface area contributed by atoms with Gasteiger partial charge in [-0.25, -0.2) is 4.79 Å². The number of unbranched alkanes of at least 4 members (excludes halogenated alkanes) is 24. The molecule has 0 saturated carbocycles. The molecule has 13 heteroatoms. The first kappa shape index (κ1) is 57.4. The number of carboxylic acids is 2. The lowest BCUT2D eigenvalue weighted by molar-refractivity contribution is -0.157. The van der Waals surface area contributed by atoms with Crippen LogP contribution in [0.3, 0.4) is 0 Å². The molecule has 0 radical (unpaired) electrons. The summed E-state index contributed by atoms with van der Waals surface area (Å²) in [5.74, 6) is -3.22. The van der Waals surface area contributed by atoms with Gasteiger partial charge < -0.3 is 30.3 Å². The Morgan fingerprint density at radius 2 is 1.02 bits per heavy atom. The molecular weight excluding hydrogens is 821 g/mol. The van der Waals surface area contributed by atoms with Crippen LogP contribution >= 0.6 is 11.8 Å². The number of rotatable bonds is 43. The molecule has 0 bridgehead atoms. The molecule has 1 aromatic rings. The van der Waals surface area contributed by atoms with Crippen molar-refractivity contribution in [3.63, 3.8) is 0 Å². The first-order valence-electron chi connectivity index (χ1n) is 24.6. The highest BCUT2D eigenvalue weighted by atomic mass is 32.2. The van der Waals surface area contributed by atoms with Crippen molar-refractivity contribution in [3.05, 3.63) is 29.8 Å². The number of carboxylic acid groups (broad SMARTS) is 2. The highest BCUT2D eigenvalue weighted by Crippen LogP contribution is 2.17. The van der Waals surface area contributed by atoms with Crippen LogP contribution < -0.4 is 10.6 Å². The average Bonchev–Trinajstić information content (AvgIpc) is 3.26. The molecule has 360 valence electrons. The van der Waals surface area contributed by atoms with Crippen molar-refractivity contribution in [1.82, 2.24) is 5.32 Å². The van der Waals surface area contributed by atoms with Crippen LogP contribution in [-0.2, 0) is 33.4 Å². The van der Waals surface area contributed by atoms with E-state index in [0.29, 0.717) is 30.0 Å². The first-order chi connectivity index (χ1) is 30.5. The molecule has 63 heavy (non-hydrogen) atoms. The van der Waals surface area contributed by atoms with Gasteiger partial charge in [0.25, 0.3) is 5.91 Å². The first-order valence-corrected chi connectivity index (χ1v) is 25.8. The van der Waals surface area contributed by atoms with Gasteiger partial charge in [-0.15, -0.1) is 0 Å². The molecule has 2 atom stereocenters. The Kier molecular flexibility index (Phi) is 36.4. The van der Waals surface area contributed by atoms with E-state index in [1.165, 1.54) is 164 Å². The van der Waals surface area contributed by atoms with Gasteiger partial charge in [-0.1, -0.05) is 168 Å². The number of aliphatic carboxylic acids is 2. The summed E-state index contributed by atoms with van der Waals surface area (Å²) >= 11 is 1.43. The van der Waals surface area contributed by atoms with Crippen molar-refractivity contribution in [2.45, 2.75) is 225 Å². The summed E-state index contributed by atoms with van der Waals surface area (Å²) in [6, 6.07) is 4.57. The van der Waals surface area contributed by atoms with Gasteiger partial charge in [0.05, 0.1) is 0 Å². The third-order valence-corrected chi connectivity index (χ3v) is 12.3. The van der Waals surface area contributed by atoms with E-state index in [9.17, 15) is 33.9 Å². The predicted octanol–water partition coefficient (Wildman–Crippen LogP) is 12.2. The summed E-state index contributed by atoms with van der Waals surface area (Å²) in [7, 11) is 0. The number of carbonyl (C=O) groups is 6. The van der Waals surface area contributed by atoms with Crippen LogP contribution in [0.2, 0.25) is 0 Å². The van der Waals surface area contributed by atoms with Gasteiger partial charge in [0.2, 0.25) is 5.91 Å². The molecule has 0 saturated heterocycles. The molecule has 0 spiro atoms. The quantitative estimate of drug-likeness (QED) is 0.0361. The van der Waals surface area contributed by atoms with Crippen molar-refractivity contribution in [1.29, 1.82) is 0 Å². The number of carbonyl (C=O) groups excluding carboxylic acids is 4. The highest BCUT2D eigenvalue weighted by molar-refractivity contribution is 7.99. The lowest BCUT2D eigenvalue weighted by atomic mass is 10.0. The lowest BCUT2D eigenvalue weighted by Crippen LogP contribution is -2.41. The number of hydrogen-bond acceptors (Lipinski definition) is 9. The third-order valence-electron chi connectivity index (χ3n) is 11.2. The summed E-state index contributed by atoms with van der Waals surface area (Å²) in [6.07, 6.45) is 31.4. The topological polar surface area (TPSA) is 185 Å². The zero-order valence-electron chi connectivity index (χ0n) is 39.1. The molecule has 1 rings (SSSR count). The van der Waals surface area contributed by atoms with Crippen molar-refractivity contribution < 1.29 is 48.5 Å². The summed E-state index contributed by atoms with van der Waals surface area (Å²) in [5.41, 5.74) is 0.599. The summed E-state index contributed by atoms with van der Waals surface area (Å²) in [4.78, 5) is 73.0. The van der Waals surface area contributed by atoms with Crippen molar-refractivity contribution in [2.75, 3.05) is 23.4 Å². The van der Waals surface area contributed by atoms with E-state index in [2.05, 4.69) is 24.5 Å². The Hall–Kier alpha value is -3.61. The maximum absolute atomic E-state index is 12.8. The minimum Gasteiger partial charge on any atom is -0.481 e. The number of benzene rings is 1. The molecule has 4 N–H and O–H groups in total. The number of esters is 2. The molecular formula is C50H84N2O10S. The second kappa shape index (κ2) is 39.9. The standard InChI is InChI=1S/C50H84N2O10S/c1-3-5-7-9-11-13-15-17-19-21-23-25-27-29-47(56)61-39-43(62-48(57)30-28-26-24-22-20-18-16-14-12-10-8-6-4-2)40-63-38-37-45(53)51-42-33-31-41(32-34-42)49(58)52-44(50(59)60)35-36-46(54)55/h31-34,43-44H,3-30,35-40H2,1-2H3,(H,51,53)(H,52,58)(H,54,55)(H,59,60)/t43?,44-/m0/s1. The Morgan fingerprint density at radius 3 is 1.46 bits per heavy atom. The Morgan fingerprint density at radius 1 is 0.571 bits per heavy atom. The number of thioether (sulfide) groups is 1. The minimum absolute atomic E-state index is 0.0203. The largest absolute Gasteiger partial charge is 0.481 e. The van der Waals surface area contributed by atoms with Crippen molar-refractivity contribution >= 4 is 53.1 Å². The number of ether oxygens (including phenoxy) is 2. The summed E-state index contributed by atoms with van der Waals surface area (Å²) < 4.78 is 11.4. The van der Waals surface area contributed by atoms with Gasteiger partial charge in [-0.3, -0.25) is 24.0 Å². The van der Waals surface area contributed by atoms with Crippen LogP contribution in [0.5, 0.6) is 0 Å². The summed E-state index contributed by atoms with van der Waals surface area (Å²) in [6.45, 7) is 4.47. The molecule has 0 aliphatic carbocycles. The molecule has 0 aliphatic rings. The number of anilines is 1. The normalized spacial score (nSPS) is 12.0. The smallest absolute Gasteiger partial charge is 0.326 e. The highest BCUT2D eigenvalue weighted by Gasteiger charge is 2.22. The second-order valence-corrected chi connectivity index (χ2v) is 18.2. The molecule has 1 unspecified atom stereocenters. The van der Waals surface area contributed by atoms with E-state index in [0.717, 1.165) is 38.5 Å². The molecule has 12 nitrogen and oxygen atoms in total. The van der Waals surface area contributed by atoms with Crippen molar-refractivity contribution in [3.8, 4) is 0 Å². The SMILES string of the molecule is CCCCCCCCCCCCCCCC(=O)OCC(CSCCC(=O)Nc1ccc(C(=O)N[C@@H](CCC(=O)O)C(=O)O)cc1)OC(=O)CCCCCCCCCCCCCCC. The zero-order chi connectivity index (χ0) is 46.2. The van der Waals surface area contributed by atoms with Crippen LogP contribution in [0.25, 0.3) is 0 Å². The van der Waals surface area contributed by atoms with Gasteiger partial charge >= 0.3 is 23.9 Å². The van der Waals surface area contributed by atoms with E-state index in [-0.39, 0.29) is 42.9 Å². The second-order valence-electron chi connectivity index (χ2n) is 17.0. The molecule has 0 fully saturated rings. The predicted molar refractivity (Wildman–Crippen MR) is 254 cm³/mol. The van der Waals surface area contributed by atoms with E-state index < -0.39 is 36.4 Å². The van der Waals surface area contributed by atoms with E-state index in [4.69, 9.17) is 14.6 Å². The van der Waals surface area contributed by atoms with Crippen LogP contribution in [0, 0.1) is 0 Å². The van der Waals surface area contributed by atoms with Crippen LogP contribution in [0.4, 0.5) is 5.69 Å². The Bertz CT molecular complexity index is 1380. The van der Waals surface area contributed by atoms with Crippen molar-refractivity contribution in [2.24, 2.45) is 0 Å². The molecule has 0 aliphatic heterocycles. The number of hydrogen-bond donors (Lipinski definition) is 4. The third kappa shape index (κ3) is 34.5. The van der Waals surface area contributed by atoms with E-state index >= 15 is 0 Å². The number of amides is 2. The maximum Gasteiger partial charge on any atom is 0.326 e. The molecule has 1 aromatic carbocycles. The Balaban J connectivity index is 2.48. The van der Waals surface area contributed by atoms with Crippen LogP contribution in [-0.4, -0.2) is 76.2 Å². The van der Waals surface area contributed by atoms with Crippen LogP contribution in [0.1, 0.15) is 223 Å². The van der Waals surface area contributed by atoms with Gasteiger partial charge in [0.15, 0.2) is 0 Å². The summed E-state index contributed by atoms with van der Waals surface area (Å²) in [5, 5.41) is 23.3. The lowest BCUT2D eigenvalue weighted by Gasteiger charge is -2.18. The monoisotopic (exact) mass is 905 g/mol. The van der Waals surface area contributed by atoms with Gasteiger partial charge in [-0.2, -0.15) is 11.8 Å². The van der Waals surface area contributed by atoms with E-state index in [1.54, 1.807) is 0 Å². The zero-order valence-corrected chi connectivity index (χ0v) is 39.9. The average molecular weight is 905 g/mol. The fraction of sp³-hybridized carbons (Fsp3) is 0.760. The fourth-order valence-electron chi connectivity index (χ4n) is 7.27. The minimum atomic E-state index is -1.35. The Labute approximate surface area is 383 Å². The number of nitrogens with one attached hydrogen (secondary N) is 2. The maximum atomic E-state index is 12.8. The molecule has 2 amide bonds. The molecule has 0 aromatic heterocycles. The molecule has 0 heterocycles. The van der Waals surface area contributed by atoms with E-state index in [1.807, 2.05) is 0 Å². The van der Waals surface area contributed by atoms with Gasteiger partial charge in [0, 0.05) is 48.4 Å². The van der Waals surface area contributed by atoms with Gasteiger partial charge in [-0.05, 0) is 43.5 Å². The fourth-order valence-corrected chi connectivity index (χ4v) is 8.19. The van der Waals surface area contributed by atoms with Crippen LogP contribution in [0.15, 0.2) is 24.3 Å².